The SMILES string of the molecule is CCc1c(N2CCNCC2)c(=O)n2nc(-c3ccc4occc4c3)nc2n1CC(=O)Nc1ccc(S(F)(F)(F)(F)F)cc1. The van der Waals surface area contributed by atoms with E-state index >= 15 is 0 Å². The van der Waals surface area contributed by atoms with E-state index in [2.05, 4.69) is 20.7 Å². The number of furan rings is 1. The van der Waals surface area contributed by atoms with Crippen LogP contribution in [0.4, 0.5) is 30.8 Å². The zero-order chi connectivity index (χ0) is 30.6. The van der Waals surface area contributed by atoms with E-state index in [-0.39, 0.29) is 36.0 Å². The number of benzene rings is 2. The molecular formula is C27H26F5N7O3S. The van der Waals surface area contributed by atoms with Crippen molar-refractivity contribution in [2.45, 2.75) is 24.8 Å². The van der Waals surface area contributed by atoms with Crippen LogP contribution in [0.15, 0.2) is 68.9 Å². The van der Waals surface area contributed by atoms with Gasteiger partial charge >= 0.3 is 10.2 Å². The van der Waals surface area contributed by atoms with Gasteiger partial charge in [0.2, 0.25) is 11.7 Å². The predicted octanol–water partition coefficient (Wildman–Crippen LogP) is 5.57. The van der Waals surface area contributed by atoms with Gasteiger partial charge in [0, 0.05) is 42.8 Å². The van der Waals surface area contributed by atoms with E-state index in [0.717, 1.165) is 22.0 Å². The van der Waals surface area contributed by atoms with Gasteiger partial charge in [-0.2, -0.15) is 9.50 Å². The maximum absolute atomic E-state index is 13.8. The van der Waals surface area contributed by atoms with Crippen molar-refractivity contribution in [1.82, 2.24) is 24.5 Å². The number of aromatic nitrogens is 4. The first kappa shape index (κ1) is 28.7. The van der Waals surface area contributed by atoms with Gasteiger partial charge in [0.15, 0.2) is 5.82 Å². The number of amides is 1. The number of nitrogens with zero attached hydrogens (tertiary/aromatic N) is 5. The molecule has 1 fully saturated rings. The van der Waals surface area contributed by atoms with E-state index in [1.54, 1.807) is 29.0 Å². The summed E-state index contributed by atoms with van der Waals surface area (Å²) in [6.07, 6.45) is 1.89. The van der Waals surface area contributed by atoms with Crippen molar-refractivity contribution in [1.29, 1.82) is 0 Å². The molecule has 16 heteroatoms. The van der Waals surface area contributed by atoms with Gasteiger partial charge in [-0.3, -0.25) is 9.59 Å². The number of piperazine rings is 1. The normalized spacial score (nSPS) is 15.9. The van der Waals surface area contributed by atoms with Crippen LogP contribution in [-0.2, 0) is 17.8 Å². The van der Waals surface area contributed by atoms with E-state index in [0.29, 0.717) is 55.1 Å². The van der Waals surface area contributed by atoms with E-state index in [1.807, 2.05) is 17.9 Å². The Balaban J connectivity index is 1.42. The molecule has 4 heterocycles. The zero-order valence-corrected chi connectivity index (χ0v) is 23.5. The minimum atomic E-state index is -9.86. The molecule has 2 N–H and O–H groups in total. The minimum Gasteiger partial charge on any atom is -0.464 e. The van der Waals surface area contributed by atoms with Crippen LogP contribution in [0.25, 0.3) is 28.1 Å². The lowest BCUT2D eigenvalue weighted by Crippen LogP contribution is -2.47. The molecule has 0 unspecified atom stereocenters. The first-order valence-corrected chi connectivity index (χ1v) is 15.3. The standard InChI is InChI=1S/C27H26F5N7O3S/c1-2-21-24(37-12-10-33-11-13-37)26(41)39-27(35-25(36-39)18-3-8-22-17(15-18)9-14-42-22)38(21)16-23(40)34-19-4-6-20(7-5-19)43(28,29,30,31)32/h3-9,14-15,33H,2,10-13,16H2,1H3,(H,34,40). The van der Waals surface area contributed by atoms with Crippen molar-refractivity contribution < 1.29 is 28.6 Å². The number of hydrogen-bond acceptors (Lipinski definition) is 7. The van der Waals surface area contributed by atoms with Crippen molar-refractivity contribution in [3.63, 3.8) is 0 Å². The summed E-state index contributed by atoms with van der Waals surface area (Å²) in [6, 6.07) is 9.08. The molecule has 0 atom stereocenters. The molecule has 0 aliphatic carbocycles. The number of hydrogen-bond donors (Lipinski definition) is 2. The molecule has 5 aromatic rings. The number of nitrogens with one attached hydrogen (secondary N) is 2. The third-order valence-electron chi connectivity index (χ3n) is 7.19. The Bertz CT molecular complexity index is 1930. The van der Waals surface area contributed by atoms with Crippen LogP contribution in [0.3, 0.4) is 0 Å². The maximum atomic E-state index is 13.8. The third-order valence-corrected chi connectivity index (χ3v) is 8.35. The van der Waals surface area contributed by atoms with Crippen LogP contribution < -0.4 is 21.1 Å². The summed E-state index contributed by atoms with van der Waals surface area (Å²) in [4.78, 5) is 31.5. The second kappa shape index (κ2) is 9.54. The Morgan fingerprint density at radius 3 is 2.44 bits per heavy atom. The van der Waals surface area contributed by atoms with Crippen molar-refractivity contribution in [3.8, 4) is 11.4 Å². The summed E-state index contributed by atoms with van der Waals surface area (Å²) >= 11 is 0. The summed E-state index contributed by atoms with van der Waals surface area (Å²) in [6.45, 7) is 3.81. The molecule has 1 aliphatic rings. The highest BCUT2D eigenvalue weighted by molar-refractivity contribution is 8.45. The van der Waals surface area contributed by atoms with Gasteiger partial charge < -0.3 is 24.5 Å². The Morgan fingerprint density at radius 2 is 1.77 bits per heavy atom. The highest BCUT2D eigenvalue weighted by Gasteiger charge is 2.65. The van der Waals surface area contributed by atoms with E-state index in [1.165, 1.54) is 0 Å². The molecular weight excluding hydrogens is 597 g/mol. The molecule has 1 saturated heterocycles. The topological polar surface area (TPSA) is 110 Å². The summed E-state index contributed by atoms with van der Waals surface area (Å²) in [5, 5.41) is 11.0. The number of fused-ring (bicyclic) bond motifs is 2. The lowest BCUT2D eigenvalue weighted by Gasteiger charge is -2.40. The minimum absolute atomic E-state index is 0.0921. The van der Waals surface area contributed by atoms with Crippen LogP contribution in [0, 0.1) is 0 Å². The average Bonchev–Trinajstić information content (AvgIpc) is 3.61. The van der Waals surface area contributed by atoms with Crippen molar-refractivity contribution >= 4 is 44.3 Å². The van der Waals surface area contributed by atoms with E-state index in [9.17, 15) is 29.0 Å². The molecule has 1 aliphatic heterocycles. The Hall–Kier alpha value is -4.44. The largest absolute Gasteiger partial charge is 0.464 e. The van der Waals surface area contributed by atoms with E-state index in [4.69, 9.17) is 4.42 Å². The number of anilines is 2. The van der Waals surface area contributed by atoms with Crippen LogP contribution in [0.5, 0.6) is 0 Å². The Kier molecular flexibility index (Phi) is 6.36. The molecule has 1 amide bonds. The Morgan fingerprint density at radius 1 is 1.05 bits per heavy atom. The second-order valence-electron chi connectivity index (χ2n) is 10.1. The smallest absolute Gasteiger partial charge is 0.310 e. The van der Waals surface area contributed by atoms with Crippen molar-refractivity contribution in [2.75, 3.05) is 36.4 Å². The van der Waals surface area contributed by atoms with E-state index < -0.39 is 26.6 Å². The highest BCUT2D eigenvalue weighted by atomic mass is 32.5. The van der Waals surface area contributed by atoms with Crippen molar-refractivity contribution in [2.24, 2.45) is 0 Å². The molecule has 6 rings (SSSR count). The van der Waals surface area contributed by atoms with Gasteiger partial charge in [-0.05, 0) is 55.0 Å². The third kappa shape index (κ3) is 5.54. The first-order valence-electron chi connectivity index (χ1n) is 13.3. The van der Waals surface area contributed by atoms with Gasteiger partial charge in [0.1, 0.15) is 22.7 Å². The van der Waals surface area contributed by atoms with Gasteiger partial charge in [-0.1, -0.05) is 26.4 Å². The summed E-state index contributed by atoms with van der Waals surface area (Å²) in [7, 11) is -9.86. The lowest BCUT2D eigenvalue weighted by atomic mass is 10.1. The van der Waals surface area contributed by atoms with Crippen molar-refractivity contribution in [3.05, 3.63) is 70.8 Å². The van der Waals surface area contributed by atoms with Gasteiger partial charge in [0.05, 0.1) is 12.0 Å². The van der Waals surface area contributed by atoms with Crippen LogP contribution >= 0.6 is 10.2 Å². The number of carbonyl (C=O) groups excluding carboxylic acids is 1. The van der Waals surface area contributed by atoms with Gasteiger partial charge in [-0.25, -0.2) is 0 Å². The second-order valence-corrected chi connectivity index (χ2v) is 12.5. The molecule has 2 aromatic carbocycles. The fourth-order valence-electron chi connectivity index (χ4n) is 5.19. The zero-order valence-electron chi connectivity index (χ0n) is 22.7. The molecule has 43 heavy (non-hydrogen) atoms. The summed E-state index contributed by atoms with van der Waals surface area (Å²) in [5.41, 5.74) is 1.65. The van der Waals surface area contributed by atoms with Crippen LogP contribution in [0.1, 0.15) is 12.6 Å². The van der Waals surface area contributed by atoms with Gasteiger partial charge in [0.25, 0.3) is 5.56 Å². The average molecular weight is 624 g/mol. The molecule has 0 radical (unpaired) electrons. The van der Waals surface area contributed by atoms with Crippen LogP contribution in [-0.4, -0.2) is 51.3 Å². The first-order chi connectivity index (χ1) is 20.2. The quantitative estimate of drug-likeness (QED) is 0.228. The number of halogens is 5. The number of carbonyl (C=O) groups is 1. The summed E-state index contributed by atoms with van der Waals surface area (Å²) < 4.78 is 73.7. The Labute approximate surface area is 240 Å². The molecule has 228 valence electrons. The fraction of sp³-hybridized carbons (Fsp3) is 0.259. The predicted molar refractivity (Wildman–Crippen MR) is 153 cm³/mol. The fourth-order valence-corrected chi connectivity index (χ4v) is 5.84. The molecule has 3 aromatic heterocycles. The monoisotopic (exact) mass is 623 g/mol. The lowest BCUT2D eigenvalue weighted by molar-refractivity contribution is -0.116. The maximum Gasteiger partial charge on any atom is 0.310 e. The molecule has 0 spiro atoms. The van der Waals surface area contributed by atoms with Crippen LogP contribution in [0.2, 0.25) is 0 Å². The highest BCUT2D eigenvalue weighted by Crippen LogP contribution is 3.02. The van der Waals surface area contributed by atoms with Gasteiger partial charge in [-0.15, -0.1) is 5.10 Å². The molecule has 10 nitrogen and oxygen atoms in total. The molecule has 0 bridgehead atoms. The molecule has 0 saturated carbocycles. The number of rotatable bonds is 7. The summed E-state index contributed by atoms with van der Waals surface area (Å²) in [5.74, 6) is -0.342.